The lowest BCUT2D eigenvalue weighted by molar-refractivity contribution is 0.582. The number of hydrogen-bond donors (Lipinski definition) is 0. The van der Waals surface area contributed by atoms with Crippen LogP contribution in [0.4, 0.5) is 0 Å². The van der Waals surface area contributed by atoms with Gasteiger partial charge in [-0.3, -0.25) is 0 Å². The van der Waals surface area contributed by atoms with Gasteiger partial charge in [0.25, 0.3) is 17.7 Å². The molecule has 0 aromatic heterocycles. The summed E-state index contributed by atoms with van der Waals surface area (Å²) < 4.78 is 46.6. The number of halogens is 6. The molecule has 26 heavy (non-hydrogen) atoms. The third-order valence-electron chi connectivity index (χ3n) is 3.23. The molecule has 0 N–H and O–H groups in total. The van der Waals surface area contributed by atoms with E-state index in [4.69, 9.17) is 69.6 Å². The lowest BCUT2D eigenvalue weighted by Crippen LogP contribution is -2.16. The Hall–Kier alpha value is 0.0800. The first-order chi connectivity index (χ1) is 11.7. The molecule has 4 nitrogen and oxygen atoms in total. The van der Waals surface area contributed by atoms with Crippen molar-refractivity contribution in [2.24, 2.45) is 0 Å². The fourth-order valence-electron chi connectivity index (χ4n) is 1.87. The first-order valence-electron chi connectivity index (χ1n) is 6.52. The van der Waals surface area contributed by atoms with Crippen molar-refractivity contribution in [3.8, 4) is 0 Å². The van der Waals surface area contributed by atoms with Crippen LogP contribution in [0.25, 0.3) is 0 Å². The lowest BCUT2D eigenvalue weighted by atomic mass is 10.2. The predicted molar refractivity (Wildman–Crippen MR) is 106 cm³/mol. The van der Waals surface area contributed by atoms with Gasteiger partial charge < -0.3 is 0 Å². The Morgan fingerprint density at radius 3 is 0.923 bits per heavy atom. The summed E-state index contributed by atoms with van der Waals surface area (Å²) in [5.74, 6) is 0. The summed E-state index contributed by atoms with van der Waals surface area (Å²) in [6.45, 7) is 0. The molecule has 0 bridgehead atoms. The summed E-state index contributed by atoms with van der Waals surface area (Å²) in [6, 6.07) is 9.00. The zero-order valence-corrected chi connectivity index (χ0v) is 18.5. The Labute approximate surface area is 180 Å². The van der Waals surface area contributed by atoms with E-state index in [2.05, 4.69) is 0 Å². The lowest BCUT2D eigenvalue weighted by Gasteiger charge is -2.13. The summed E-state index contributed by atoms with van der Waals surface area (Å²) in [4.78, 5) is -0.943. The minimum absolute atomic E-state index is 0.186. The van der Waals surface area contributed by atoms with Crippen LogP contribution in [0.15, 0.2) is 58.3 Å². The molecule has 0 unspecified atom stereocenters. The maximum Gasteiger partial charge on any atom is 0.286 e. The summed E-state index contributed by atoms with van der Waals surface area (Å²) in [7, 11) is -9.52. The molecule has 0 saturated carbocycles. The highest BCUT2D eigenvalue weighted by atomic mass is 35.6. The summed E-state index contributed by atoms with van der Waals surface area (Å²) >= 11 is 34.2. The van der Waals surface area contributed by atoms with Gasteiger partial charge in [-0.2, -0.15) is 0 Å². The van der Waals surface area contributed by atoms with E-state index in [9.17, 15) is 16.8 Å². The molecule has 0 heterocycles. The average molecular weight is 517 g/mol. The monoisotopic (exact) mass is 514 g/mol. The van der Waals surface area contributed by atoms with Gasteiger partial charge in [0.15, 0.2) is 0 Å². The van der Waals surface area contributed by atoms with Crippen LogP contribution in [0.2, 0.25) is 0 Å². The molecule has 2 aromatic carbocycles. The van der Waals surface area contributed by atoms with Crippen LogP contribution >= 0.6 is 69.6 Å². The zero-order chi connectivity index (χ0) is 20.0. The highest BCUT2D eigenvalue weighted by Gasteiger charge is 2.35. The molecule has 0 radical (unpaired) electrons. The van der Waals surface area contributed by atoms with Gasteiger partial charge in [-0.25, -0.2) is 16.8 Å². The largest absolute Gasteiger partial charge is 0.286 e. The first kappa shape index (κ1) is 22.4. The minimum atomic E-state index is -4.76. The molecule has 2 aromatic rings. The van der Waals surface area contributed by atoms with Crippen LogP contribution in [0.1, 0.15) is 11.1 Å². The first-order valence-corrected chi connectivity index (χ1v) is 12.3. The van der Waals surface area contributed by atoms with Gasteiger partial charge in [0.05, 0.1) is 9.79 Å². The maximum absolute atomic E-state index is 12.5. The van der Waals surface area contributed by atoms with Crippen LogP contribution in [0.5, 0.6) is 0 Å². The van der Waals surface area contributed by atoms with Crippen molar-refractivity contribution in [2.75, 3.05) is 0 Å². The number of alkyl halides is 6. The molecule has 0 amide bonds. The Morgan fingerprint density at radius 2 is 0.731 bits per heavy atom. The smallest absolute Gasteiger partial charge is 0.207 e. The van der Waals surface area contributed by atoms with E-state index in [1.54, 1.807) is 0 Å². The topological polar surface area (TPSA) is 68.3 Å². The fourth-order valence-corrected chi connectivity index (χ4v) is 6.26. The number of rotatable bonds is 3. The molecule has 12 heteroatoms. The maximum atomic E-state index is 12.5. The van der Waals surface area contributed by atoms with E-state index >= 15 is 0 Å². The molecule has 142 valence electrons. The van der Waals surface area contributed by atoms with Gasteiger partial charge in [0.1, 0.15) is 0 Å². The third kappa shape index (κ3) is 4.55. The second kappa shape index (κ2) is 7.48. The SMILES string of the molecule is O=S(=O)(c1ccc(C(Cl)(Cl)Cl)cc1)S(=O)(=O)c1ccc(C(Cl)(Cl)Cl)cc1. The van der Waals surface area contributed by atoms with Crippen LogP contribution in [-0.4, -0.2) is 16.8 Å². The molecule has 0 aliphatic rings. The zero-order valence-electron chi connectivity index (χ0n) is 12.3. The molecule has 0 aliphatic heterocycles. The quantitative estimate of drug-likeness (QED) is 0.399. The Morgan fingerprint density at radius 1 is 0.500 bits per heavy atom. The third-order valence-corrected chi connectivity index (χ3v) is 9.70. The summed E-state index contributed by atoms with van der Waals surface area (Å²) in [6.07, 6.45) is 0. The molecular weight excluding hydrogens is 509 g/mol. The van der Waals surface area contributed by atoms with Gasteiger partial charge >= 0.3 is 0 Å². The van der Waals surface area contributed by atoms with Crippen LogP contribution in [0.3, 0.4) is 0 Å². The average Bonchev–Trinajstić information content (AvgIpc) is 2.53. The predicted octanol–water partition coefficient (Wildman–Crippen LogP) is 5.50. The molecule has 2 rings (SSSR count). The van der Waals surface area contributed by atoms with E-state index in [0.29, 0.717) is 0 Å². The standard InChI is InChI=1S/C14H8Cl6O4S2/c15-13(16,17)9-1-5-11(6-2-9)25(21,22)26(23,24)12-7-3-10(4-8-12)14(18,19)20/h1-8H. The Kier molecular flexibility index (Phi) is 6.44. The van der Waals surface area contributed by atoms with Crippen LogP contribution in [-0.2, 0) is 25.3 Å². The molecule has 0 atom stereocenters. The van der Waals surface area contributed by atoms with Gasteiger partial charge in [0.2, 0.25) is 7.59 Å². The van der Waals surface area contributed by atoms with Crippen LogP contribution in [0, 0.1) is 0 Å². The van der Waals surface area contributed by atoms with E-state index in [1.807, 2.05) is 0 Å². The normalized spacial score (nSPS) is 13.6. The van der Waals surface area contributed by atoms with Gasteiger partial charge in [0, 0.05) is 11.1 Å². The van der Waals surface area contributed by atoms with Crippen molar-refractivity contribution in [1.82, 2.24) is 0 Å². The summed E-state index contributed by atoms with van der Waals surface area (Å²) in [5.41, 5.74) is 0.372. The van der Waals surface area contributed by atoms with Crippen molar-refractivity contribution in [2.45, 2.75) is 17.4 Å². The second-order valence-electron chi connectivity index (χ2n) is 4.95. The highest BCUT2D eigenvalue weighted by Crippen LogP contribution is 2.40. The van der Waals surface area contributed by atoms with E-state index in [-0.39, 0.29) is 11.1 Å². The minimum Gasteiger partial charge on any atom is -0.207 e. The highest BCUT2D eigenvalue weighted by molar-refractivity contribution is 8.67. The van der Waals surface area contributed by atoms with Crippen molar-refractivity contribution < 1.29 is 16.8 Å². The second-order valence-corrected chi connectivity index (χ2v) is 14.9. The van der Waals surface area contributed by atoms with E-state index in [0.717, 1.165) is 24.3 Å². The van der Waals surface area contributed by atoms with Gasteiger partial charge in [-0.1, -0.05) is 93.9 Å². The molecule has 0 saturated heterocycles. The van der Waals surface area contributed by atoms with Gasteiger partial charge in [-0.05, 0) is 24.3 Å². The van der Waals surface area contributed by atoms with E-state index in [1.165, 1.54) is 24.3 Å². The van der Waals surface area contributed by atoms with Crippen molar-refractivity contribution in [3.05, 3.63) is 59.7 Å². The van der Waals surface area contributed by atoms with Crippen molar-refractivity contribution in [1.29, 1.82) is 0 Å². The Balaban J connectivity index is 2.47. The number of benzene rings is 2. The molecule has 0 spiro atoms. The number of hydrogen-bond acceptors (Lipinski definition) is 4. The molecular formula is C14H8Cl6O4S2. The fraction of sp³-hybridized carbons (Fsp3) is 0.143. The van der Waals surface area contributed by atoms with Crippen molar-refractivity contribution >= 4 is 87.3 Å². The van der Waals surface area contributed by atoms with E-state index < -0.39 is 35.1 Å². The van der Waals surface area contributed by atoms with Crippen molar-refractivity contribution in [3.63, 3.8) is 0 Å². The van der Waals surface area contributed by atoms with Crippen LogP contribution < -0.4 is 0 Å². The van der Waals surface area contributed by atoms with Gasteiger partial charge in [-0.15, -0.1) is 0 Å². The molecule has 0 fully saturated rings. The molecule has 0 aliphatic carbocycles. The summed E-state index contributed by atoms with van der Waals surface area (Å²) in [5, 5.41) is 0. The Bertz CT molecular complexity index is 918.